The first-order valence-corrected chi connectivity index (χ1v) is 4.01. The van der Waals surface area contributed by atoms with Gasteiger partial charge in [0.1, 0.15) is 4.60 Å². The van der Waals surface area contributed by atoms with E-state index in [9.17, 15) is 0 Å². The smallest absolute Gasteiger partial charge is 0.113 e. The first kappa shape index (κ1) is 6.73. The van der Waals surface area contributed by atoms with Crippen LogP contribution in [0.1, 0.15) is 0 Å². The minimum atomic E-state index is 0.873. The van der Waals surface area contributed by atoms with E-state index in [2.05, 4.69) is 25.9 Å². The van der Waals surface area contributed by atoms with Crippen LogP contribution < -0.4 is 0 Å². The molecule has 2 aromatic rings. The number of nitrogens with zero attached hydrogens (tertiary/aromatic N) is 2. The van der Waals surface area contributed by atoms with Gasteiger partial charge in [0.05, 0.1) is 0 Å². The highest BCUT2D eigenvalue weighted by Gasteiger charge is 1.95. The molecule has 0 N–H and O–H groups in total. The Kier molecular flexibility index (Phi) is 1.58. The molecule has 0 fully saturated rings. The molecule has 2 rings (SSSR count). The molecule has 0 amide bonds. The second kappa shape index (κ2) is 2.58. The molecule has 2 nitrogen and oxygen atoms in total. The first-order chi connectivity index (χ1) is 5.38. The predicted octanol–water partition coefficient (Wildman–Crippen LogP) is 2.39. The first-order valence-electron chi connectivity index (χ1n) is 3.22. The van der Waals surface area contributed by atoms with Crippen LogP contribution >= 0.6 is 15.9 Å². The molecular formula is C8H5BrN2. The molecule has 2 heterocycles. The van der Waals surface area contributed by atoms with E-state index in [1.54, 1.807) is 12.4 Å². The van der Waals surface area contributed by atoms with Crippen molar-refractivity contribution in [3.05, 3.63) is 35.3 Å². The minimum absolute atomic E-state index is 0.873. The molecule has 2 aromatic heterocycles. The average Bonchev–Trinajstić information content (AvgIpc) is 2.06. The van der Waals surface area contributed by atoms with Crippen LogP contribution in [0.15, 0.2) is 35.3 Å². The van der Waals surface area contributed by atoms with E-state index >= 15 is 0 Å². The molecule has 54 valence electrons. The molecular weight excluding hydrogens is 204 g/mol. The maximum absolute atomic E-state index is 4.10. The Bertz CT molecular complexity index is 381. The monoisotopic (exact) mass is 208 g/mol. The van der Waals surface area contributed by atoms with E-state index in [0.29, 0.717) is 0 Å². The van der Waals surface area contributed by atoms with Gasteiger partial charge in [-0.15, -0.1) is 0 Å². The van der Waals surface area contributed by atoms with Gasteiger partial charge in [-0.3, -0.25) is 4.98 Å². The Hall–Kier alpha value is -0.960. The molecule has 0 saturated carbocycles. The fourth-order valence-electron chi connectivity index (χ4n) is 0.980. The fourth-order valence-corrected chi connectivity index (χ4v) is 1.46. The third-order valence-corrected chi connectivity index (χ3v) is 2.15. The summed E-state index contributed by atoms with van der Waals surface area (Å²) < 4.78 is 0.873. The van der Waals surface area contributed by atoms with Crippen molar-refractivity contribution >= 4 is 26.7 Å². The molecule has 0 radical (unpaired) electrons. The minimum Gasteiger partial charge on any atom is -0.264 e. The normalized spacial score (nSPS) is 10.3. The predicted molar refractivity (Wildman–Crippen MR) is 47.2 cm³/mol. The van der Waals surface area contributed by atoms with Crippen molar-refractivity contribution in [2.24, 2.45) is 0 Å². The lowest BCUT2D eigenvalue weighted by Gasteiger charge is -1.95. The fraction of sp³-hybridized carbons (Fsp3) is 0. The zero-order chi connectivity index (χ0) is 7.68. The zero-order valence-electron chi connectivity index (χ0n) is 5.66. The summed E-state index contributed by atoms with van der Waals surface area (Å²) >= 11 is 3.36. The van der Waals surface area contributed by atoms with Crippen LogP contribution in [-0.4, -0.2) is 9.97 Å². The summed E-state index contributed by atoms with van der Waals surface area (Å²) in [6.07, 6.45) is 5.34. The van der Waals surface area contributed by atoms with Gasteiger partial charge in [0.15, 0.2) is 0 Å². The topological polar surface area (TPSA) is 25.8 Å². The third kappa shape index (κ3) is 1.12. The van der Waals surface area contributed by atoms with E-state index in [4.69, 9.17) is 0 Å². The second-order valence-electron chi connectivity index (χ2n) is 2.20. The summed E-state index contributed by atoms with van der Waals surface area (Å²) in [6, 6.07) is 3.87. The molecule has 11 heavy (non-hydrogen) atoms. The zero-order valence-corrected chi connectivity index (χ0v) is 7.25. The Labute approximate surface area is 72.4 Å². The Morgan fingerprint density at radius 2 is 2.09 bits per heavy atom. The summed E-state index contributed by atoms with van der Waals surface area (Å²) in [6.45, 7) is 0. The molecule has 0 saturated heterocycles. The summed E-state index contributed by atoms with van der Waals surface area (Å²) in [7, 11) is 0. The van der Waals surface area contributed by atoms with Crippen LogP contribution in [0, 0.1) is 0 Å². The third-order valence-electron chi connectivity index (χ3n) is 1.52. The molecule has 0 aliphatic heterocycles. The molecule has 0 unspecified atom stereocenters. The van der Waals surface area contributed by atoms with Gasteiger partial charge in [-0.1, -0.05) is 0 Å². The van der Waals surface area contributed by atoms with Crippen molar-refractivity contribution in [2.75, 3.05) is 0 Å². The van der Waals surface area contributed by atoms with E-state index < -0.39 is 0 Å². The van der Waals surface area contributed by atoms with Crippen LogP contribution in [0.2, 0.25) is 0 Å². The van der Waals surface area contributed by atoms with Gasteiger partial charge in [-0.2, -0.15) is 0 Å². The number of halogens is 1. The number of pyridine rings is 2. The quantitative estimate of drug-likeness (QED) is 0.622. The van der Waals surface area contributed by atoms with Gasteiger partial charge in [0, 0.05) is 29.4 Å². The summed E-state index contributed by atoms with van der Waals surface area (Å²) in [5.41, 5.74) is 0. The highest BCUT2D eigenvalue weighted by atomic mass is 79.9. The van der Waals surface area contributed by atoms with Crippen LogP contribution in [0.4, 0.5) is 0 Å². The van der Waals surface area contributed by atoms with Crippen molar-refractivity contribution in [3.8, 4) is 0 Å². The van der Waals surface area contributed by atoms with Gasteiger partial charge in [-0.25, -0.2) is 4.98 Å². The molecule has 0 aromatic carbocycles. The standard InChI is InChI=1S/C8H5BrN2/c9-8-7-2-3-10-5-6(7)1-4-11-8/h1-5H. The summed E-state index contributed by atoms with van der Waals surface area (Å²) in [4.78, 5) is 8.10. The Morgan fingerprint density at radius 1 is 1.18 bits per heavy atom. The van der Waals surface area contributed by atoms with Crippen LogP contribution in [-0.2, 0) is 0 Å². The molecule has 0 bridgehead atoms. The van der Waals surface area contributed by atoms with E-state index in [0.717, 1.165) is 15.4 Å². The van der Waals surface area contributed by atoms with Gasteiger partial charge < -0.3 is 0 Å². The summed E-state index contributed by atoms with van der Waals surface area (Å²) in [5.74, 6) is 0. The van der Waals surface area contributed by atoms with Crippen LogP contribution in [0.5, 0.6) is 0 Å². The maximum Gasteiger partial charge on any atom is 0.113 e. The molecule has 3 heteroatoms. The van der Waals surface area contributed by atoms with Crippen LogP contribution in [0.3, 0.4) is 0 Å². The average molecular weight is 209 g/mol. The van der Waals surface area contributed by atoms with E-state index in [1.165, 1.54) is 0 Å². The van der Waals surface area contributed by atoms with E-state index in [1.807, 2.05) is 18.3 Å². The molecule has 0 aliphatic carbocycles. The highest BCUT2D eigenvalue weighted by Crippen LogP contribution is 2.19. The van der Waals surface area contributed by atoms with Crippen molar-refractivity contribution in [1.82, 2.24) is 9.97 Å². The van der Waals surface area contributed by atoms with E-state index in [-0.39, 0.29) is 0 Å². The second-order valence-corrected chi connectivity index (χ2v) is 2.95. The largest absolute Gasteiger partial charge is 0.264 e. The summed E-state index contributed by atoms with van der Waals surface area (Å²) in [5, 5.41) is 2.21. The number of fused-ring (bicyclic) bond motifs is 1. The lowest BCUT2D eigenvalue weighted by atomic mass is 10.2. The van der Waals surface area contributed by atoms with Crippen molar-refractivity contribution < 1.29 is 0 Å². The van der Waals surface area contributed by atoms with Gasteiger partial charge in [0.25, 0.3) is 0 Å². The SMILES string of the molecule is Brc1nccc2cnccc12. The Morgan fingerprint density at radius 3 is 2.91 bits per heavy atom. The number of aromatic nitrogens is 2. The highest BCUT2D eigenvalue weighted by molar-refractivity contribution is 9.10. The lowest BCUT2D eigenvalue weighted by molar-refractivity contribution is 1.29. The molecule has 0 aliphatic rings. The van der Waals surface area contributed by atoms with Gasteiger partial charge >= 0.3 is 0 Å². The van der Waals surface area contributed by atoms with Crippen molar-refractivity contribution in [2.45, 2.75) is 0 Å². The number of rotatable bonds is 0. The van der Waals surface area contributed by atoms with Crippen molar-refractivity contribution in [3.63, 3.8) is 0 Å². The number of hydrogen-bond acceptors (Lipinski definition) is 2. The number of hydrogen-bond donors (Lipinski definition) is 0. The molecule has 0 spiro atoms. The lowest BCUT2D eigenvalue weighted by Crippen LogP contribution is -1.79. The molecule has 0 atom stereocenters. The van der Waals surface area contributed by atoms with Gasteiger partial charge in [0.2, 0.25) is 0 Å². The van der Waals surface area contributed by atoms with Crippen molar-refractivity contribution in [1.29, 1.82) is 0 Å². The van der Waals surface area contributed by atoms with Gasteiger partial charge in [-0.05, 0) is 28.1 Å². The maximum atomic E-state index is 4.10. The van der Waals surface area contributed by atoms with Crippen LogP contribution in [0.25, 0.3) is 10.8 Å². The Balaban J connectivity index is 2.91.